The molecule has 0 spiro atoms. The molecule has 0 saturated carbocycles. The fourth-order valence-electron chi connectivity index (χ4n) is 2.80. The van der Waals surface area contributed by atoms with Gasteiger partial charge in [-0.05, 0) is 50.4 Å². The van der Waals surface area contributed by atoms with Crippen LogP contribution in [0.4, 0.5) is 0 Å². The van der Waals surface area contributed by atoms with Crippen LogP contribution in [0.1, 0.15) is 49.0 Å². The SMILES string of the molecule is CCC1CCCN(Cc2cc(C(C)=O)ccc2O)C1. The molecule has 3 nitrogen and oxygen atoms in total. The molecule has 2 rings (SSSR count). The average molecular weight is 261 g/mol. The first kappa shape index (κ1) is 14.1. The molecule has 3 heteroatoms. The number of rotatable bonds is 4. The van der Waals surface area contributed by atoms with Crippen molar-refractivity contribution in [1.82, 2.24) is 4.90 Å². The van der Waals surface area contributed by atoms with Crippen LogP contribution in [0.5, 0.6) is 5.75 Å². The zero-order valence-corrected chi connectivity index (χ0v) is 11.9. The summed E-state index contributed by atoms with van der Waals surface area (Å²) in [6, 6.07) is 5.15. The summed E-state index contributed by atoms with van der Waals surface area (Å²) in [6.07, 6.45) is 3.76. The van der Waals surface area contributed by atoms with Crippen molar-refractivity contribution in [3.8, 4) is 5.75 Å². The van der Waals surface area contributed by atoms with Crippen molar-refractivity contribution in [3.63, 3.8) is 0 Å². The van der Waals surface area contributed by atoms with Crippen molar-refractivity contribution in [2.45, 2.75) is 39.7 Å². The first-order valence-electron chi connectivity index (χ1n) is 7.15. The Labute approximate surface area is 115 Å². The Hall–Kier alpha value is -1.35. The van der Waals surface area contributed by atoms with E-state index in [1.807, 2.05) is 6.07 Å². The quantitative estimate of drug-likeness (QED) is 0.846. The van der Waals surface area contributed by atoms with Crippen LogP contribution in [-0.4, -0.2) is 28.9 Å². The highest BCUT2D eigenvalue weighted by Crippen LogP contribution is 2.25. The third-order valence-electron chi connectivity index (χ3n) is 4.06. The van der Waals surface area contributed by atoms with Crippen LogP contribution in [0.3, 0.4) is 0 Å². The van der Waals surface area contributed by atoms with Gasteiger partial charge < -0.3 is 5.11 Å². The Bertz CT molecular complexity index is 456. The highest BCUT2D eigenvalue weighted by molar-refractivity contribution is 5.94. The normalized spacial score (nSPS) is 20.4. The van der Waals surface area contributed by atoms with Gasteiger partial charge in [0.2, 0.25) is 0 Å². The van der Waals surface area contributed by atoms with Crippen LogP contribution in [0.2, 0.25) is 0 Å². The number of carbonyl (C=O) groups is 1. The Morgan fingerprint density at radius 3 is 2.95 bits per heavy atom. The maximum atomic E-state index is 11.4. The molecule has 19 heavy (non-hydrogen) atoms. The van der Waals surface area contributed by atoms with Gasteiger partial charge in [0.1, 0.15) is 5.75 Å². The molecule has 1 aromatic carbocycles. The van der Waals surface area contributed by atoms with E-state index in [2.05, 4.69) is 11.8 Å². The van der Waals surface area contributed by atoms with Gasteiger partial charge in [-0.3, -0.25) is 9.69 Å². The van der Waals surface area contributed by atoms with Gasteiger partial charge in [0.15, 0.2) is 5.78 Å². The molecule has 1 N–H and O–H groups in total. The summed E-state index contributed by atoms with van der Waals surface area (Å²) in [6.45, 7) is 6.72. The molecule has 1 atom stereocenters. The summed E-state index contributed by atoms with van der Waals surface area (Å²) in [5, 5.41) is 9.93. The van der Waals surface area contributed by atoms with Gasteiger partial charge in [-0.15, -0.1) is 0 Å². The molecular formula is C16H23NO2. The minimum Gasteiger partial charge on any atom is -0.508 e. The van der Waals surface area contributed by atoms with E-state index in [1.165, 1.54) is 19.3 Å². The lowest BCUT2D eigenvalue weighted by Gasteiger charge is -2.32. The van der Waals surface area contributed by atoms with Gasteiger partial charge in [0.05, 0.1) is 0 Å². The maximum absolute atomic E-state index is 11.4. The predicted octanol–water partition coefficient (Wildman–Crippen LogP) is 3.22. The molecule has 1 unspecified atom stereocenters. The number of carbonyl (C=O) groups excluding carboxylic acids is 1. The van der Waals surface area contributed by atoms with E-state index in [1.54, 1.807) is 19.1 Å². The standard InChI is InChI=1S/C16H23NO2/c1-3-13-5-4-8-17(10-13)11-15-9-14(12(2)18)6-7-16(15)19/h6-7,9,13,19H,3-5,8,10-11H2,1-2H3. The lowest BCUT2D eigenvalue weighted by molar-refractivity contribution is 0.101. The zero-order chi connectivity index (χ0) is 13.8. The Morgan fingerprint density at radius 2 is 2.26 bits per heavy atom. The topological polar surface area (TPSA) is 40.5 Å². The fourth-order valence-corrected chi connectivity index (χ4v) is 2.80. The van der Waals surface area contributed by atoms with Crippen LogP contribution in [-0.2, 0) is 6.54 Å². The molecule has 1 saturated heterocycles. The van der Waals surface area contributed by atoms with E-state index in [4.69, 9.17) is 0 Å². The molecule has 1 heterocycles. The number of nitrogens with zero attached hydrogens (tertiary/aromatic N) is 1. The monoisotopic (exact) mass is 261 g/mol. The maximum Gasteiger partial charge on any atom is 0.159 e. The molecule has 1 aliphatic rings. The highest BCUT2D eigenvalue weighted by atomic mass is 16.3. The molecule has 0 aromatic heterocycles. The van der Waals surface area contributed by atoms with Gasteiger partial charge in [-0.2, -0.15) is 0 Å². The van der Waals surface area contributed by atoms with Crippen molar-refractivity contribution in [1.29, 1.82) is 0 Å². The van der Waals surface area contributed by atoms with Gasteiger partial charge in [0.25, 0.3) is 0 Å². The molecule has 0 radical (unpaired) electrons. The van der Waals surface area contributed by atoms with E-state index in [9.17, 15) is 9.90 Å². The van der Waals surface area contributed by atoms with Crippen LogP contribution in [0, 0.1) is 5.92 Å². The third kappa shape index (κ3) is 3.57. The number of hydrogen-bond acceptors (Lipinski definition) is 3. The Morgan fingerprint density at radius 1 is 1.47 bits per heavy atom. The molecular weight excluding hydrogens is 238 g/mol. The van der Waals surface area contributed by atoms with Crippen molar-refractivity contribution in [2.24, 2.45) is 5.92 Å². The van der Waals surface area contributed by atoms with Crippen molar-refractivity contribution in [2.75, 3.05) is 13.1 Å². The first-order chi connectivity index (χ1) is 9.10. The van der Waals surface area contributed by atoms with Crippen molar-refractivity contribution in [3.05, 3.63) is 29.3 Å². The zero-order valence-electron chi connectivity index (χ0n) is 11.9. The summed E-state index contributed by atoms with van der Waals surface area (Å²) in [7, 11) is 0. The lowest BCUT2D eigenvalue weighted by atomic mass is 9.95. The van der Waals surface area contributed by atoms with Gasteiger partial charge in [-0.25, -0.2) is 0 Å². The van der Waals surface area contributed by atoms with E-state index in [0.717, 1.165) is 31.1 Å². The molecule has 0 aliphatic carbocycles. The molecule has 0 bridgehead atoms. The van der Waals surface area contributed by atoms with Crippen LogP contribution < -0.4 is 0 Å². The predicted molar refractivity (Wildman–Crippen MR) is 76.4 cm³/mol. The number of likely N-dealkylation sites (tertiary alicyclic amines) is 1. The molecule has 1 aliphatic heterocycles. The van der Waals surface area contributed by atoms with E-state index < -0.39 is 0 Å². The third-order valence-corrected chi connectivity index (χ3v) is 4.06. The van der Waals surface area contributed by atoms with Crippen LogP contribution >= 0.6 is 0 Å². The molecule has 104 valence electrons. The minimum absolute atomic E-state index is 0.0475. The molecule has 1 fully saturated rings. The van der Waals surface area contributed by atoms with E-state index in [0.29, 0.717) is 11.3 Å². The number of Topliss-reactive ketones (excluding diaryl/α,β-unsaturated/α-hetero) is 1. The largest absolute Gasteiger partial charge is 0.508 e. The number of phenolic OH excluding ortho intramolecular Hbond substituents is 1. The minimum atomic E-state index is 0.0475. The van der Waals surface area contributed by atoms with Crippen molar-refractivity contribution < 1.29 is 9.90 Å². The summed E-state index contributed by atoms with van der Waals surface area (Å²) in [4.78, 5) is 13.8. The number of benzene rings is 1. The van der Waals surface area contributed by atoms with Gasteiger partial charge in [0, 0.05) is 24.2 Å². The number of phenols is 1. The summed E-state index contributed by atoms with van der Waals surface area (Å²) in [5.74, 6) is 1.11. The fraction of sp³-hybridized carbons (Fsp3) is 0.562. The Balaban J connectivity index is 2.09. The van der Waals surface area contributed by atoms with Crippen LogP contribution in [0.15, 0.2) is 18.2 Å². The van der Waals surface area contributed by atoms with Gasteiger partial charge >= 0.3 is 0 Å². The van der Waals surface area contributed by atoms with Crippen LogP contribution in [0.25, 0.3) is 0 Å². The van der Waals surface area contributed by atoms with Crippen molar-refractivity contribution >= 4 is 5.78 Å². The smallest absolute Gasteiger partial charge is 0.159 e. The molecule has 0 amide bonds. The molecule has 1 aromatic rings. The number of hydrogen-bond donors (Lipinski definition) is 1. The average Bonchev–Trinajstić information content (AvgIpc) is 2.41. The second-order valence-corrected chi connectivity index (χ2v) is 5.55. The van der Waals surface area contributed by atoms with E-state index >= 15 is 0 Å². The first-order valence-corrected chi connectivity index (χ1v) is 7.15. The number of aromatic hydroxyl groups is 1. The summed E-state index contributed by atoms with van der Waals surface area (Å²) >= 11 is 0. The highest BCUT2D eigenvalue weighted by Gasteiger charge is 2.19. The number of piperidine rings is 1. The number of ketones is 1. The summed E-state index contributed by atoms with van der Waals surface area (Å²) in [5.41, 5.74) is 1.54. The lowest BCUT2D eigenvalue weighted by Crippen LogP contribution is -2.34. The summed E-state index contributed by atoms with van der Waals surface area (Å²) < 4.78 is 0. The Kier molecular flexibility index (Phi) is 4.59. The van der Waals surface area contributed by atoms with Gasteiger partial charge in [-0.1, -0.05) is 13.3 Å². The second-order valence-electron chi connectivity index (χ2n) is 5.55. The van der Waals surface area contributed by atoms with E-state index in [-0.39, 0.29) is 5.78 Å². The second kappa shape index (κ2) is 6.20.